The van der Waals surface area contributed by atoms with Crippen molar-refractivity contribution in [2.45, 2.75) is 32.6 Å². The maximum absolute atomic E-state index is 5.92. The lowest BCUT2D eigenvalue weighted by molar-refractivity contribution is 0.149. The molecule has 0 aromatic heterocycles. The Balaban J connectivity index is 0.00000288. The summed E-state index contributed by atoms with van der Waals surface area (Å²) in [6.07, 6.45) is 4.52. The van der Waals surface area contributed by atoms with Crippen LogP contribution in [0.5, 0.6) is 11.5 Å². The number of hydrogen-bond donors (Lipinski definition) is 0. The molecule has 0 saturated carbocycles. The molecule has 1 heterocycles. The first kappa shape index (κ1) is 21.1. The Morgan fingerprint density at radius 1 is 0.875 bits per heavy atom. The fourth-order valence-electron chi connectivity index (χ4n) is 2.71. The zero-order valence-corrected chi connectivity index (χ0v) is 16.0. The number of piperazine rings is 1. The molecule has 4 nitrogen and oxygen atoms in total. The Morgan fingerprint density at radius 2 is 1.46 bits per heavy atom. The van der Waals surface area contributed by atoms with Gasteiger partial charge < -0.3 is 19.3 Å². The number of ether oxygens (including phenoxy) is 2. The van der Waals surface area contributed by atoms with Gasteiger partial charge in [0.25, 0.3) is 0 Å². The average Bonchev–Trinajstić information content (AvgIpc) is 2.58. The summed E-state index contributed by atoms with van der Waals surface area (Å²) >= 11 is 0. The van der Waals surface area contributed by atoms with E-state index in [9.17, 15) is 0 Å². The van der Waals surface area contributed by atoms with Gasteiger partial charge in [-0.05, 0) is 45.0 Å². The van der Waals surface area contributed by atoms with Crippen molar-refractivity contribution in [3.63, 3.8) is 0 Å². The lowest BCUT2D eigenvalue weighted by atomic mass is 10.2. The van der Waals surface area contributed by atoms with E-state index in [1.165, 1.54) is 39.1 Å². The number of unbranched alkanes of at least 4 members (excludes halogenated alkanes) is 2. The van der Waals surface area contributed by atoms with E-state index < -0.39 is 0 Å². The van der Waals surface area contributed by atoms with Gasteiger partial charge in [-0.2, -0.15) is 0 Å². The van der Waals surface area contributed by atoms with Crippen molar-refractivity contribution < 1.29 is 9.47 Å². The molecule has 0 unspecified atom stereocenters. The Kier molecular flexibility index (Phi) is 10.9. The fourth-order valence-corrected chi connectivity index (χ4v) is 2.71. The highest BCUT2D eigenvalue weighted by molar-refractivity contribution is 5.85. The van der Waals surface area contributed by atoms with Gasteiger partial charge in [-0.15, -0.1) is 12.4 Å². The lowest BCUT2D eigenvalue weighted by Gasteiger charge is -2.32. The largest absolute Gasteiger partial charge is 0.490 e. The summed E-state index contributed by atoms with van der Waals surface area (Å²) in [6, 6.07) is 8.00. The first-order valence-electron chi connectivity index (χ1n) is 9.05. The Hall–Kier alpha value is -0.970. The molecule has 24 heavy (non-hydrogen) atoms. The predicted octanol–water partition coefficient (Wildman–Crippen LogP) is 3.69. The van der Waals surface area contributed by atoms with Gasteiger partial charge >= 0.3 is 0 Å². The van der Waals surface area contributed by atoms with Crippen molar-refractivity contribution in [2.24, 2.45) is 0 Å². The Morgan fingerprint density at radius 3 is 2.04 bits per heavy atom. The van der Waals surface area contributed by atoms with E-state index in [1.54, 1.807) is 0 Å². The molecule has 0 aliphatic carbocycles. The number of nitrogens with zero attached hydrogens (tertiary/aromatic N) is 2. The molecule has 0 spiro atoms. The molecule has 138 valence electrons. The van der Waals surface area contributed by atoms with Crippen LogP contribution in [0, 0.1) is 0 Å². The first-order chi connectivity index (χ1) is 11.3. The molecule has 1 aliphatic heterocycles. The average molecular weight is 357 g/mol. The third kappa shape index (κ3) is 7.73. The van der Waals surface area contributed by atoms with E-state index in [2.05, 4.69) is 23.8 Å². The third-order valence-electron chi connectivity index (χ3n) is 4.33. The smallest absolute Gasteiger partial charge is 0.161 e. The second-order valence-electron chi connectivity index (χ2n) is 6.35. The summed E-state index contributed by atoms with van der Waals surface area (Å²) in [4.78, 5) is 4.96. The number of para-hydroxylation sites is 2. The maximum atomic E-state index is 5.92. The van der Waals surface area contributed by atoms with Gasteiger partial charge in [0.2, 0.25) is 0 Å². The molecule has 0 N–H and O–H groups in total. The van der Waals surface area contributed by atoms with E-state index >= 15 is 0 Å². The molecule has 2 rings (SSSR count). The standard InChI is InChI=1S/C19H32N2O2.ClH/c1-3-4-16-22-18-9-5-6-10-19(18)23-17-8-7-11-21-14-12-20(2)13-15-21;/h5-6,9-10H,3-4,7-8,11-17H2,1-2H3;1H. The molecule has 5 heteroatoms. The van der Waals surface area contributed by atoms with Crippen molar-refractivity contribution in [3.05, 3.63) is 24.3 Å². The lowest BCUT2D eigenvalue weighted by Crippen LogP contribution is -2.44. The van der Waals surface area contributed by atoms with Crippen LogP contribution in [0.25, 0.3) is 0 Å². The van der Waals surface area contributed by atoms with Gasteiger partial charge in [0.1, 0.15) is 0 Å². The quantitative estimate of drug-likeness (QED) is 0.597. The number of hydrogen-bond acceptors (Lipinski definition) is 4. The monoisotopic (exact) mass is 356 g/mol. The van der Waals surface area contributed by atoms with Crippen LogP contribution >= 0.6 is 12.4 Å². The van der Waals surface area contributed by atoms with Crippen LogP contribution in [0.15, 0.2) is 24.3 Å². The second kappa shape index (κ2) is 12.4. The molecular formula is C19H33ClN2O2. The van der Waals surface area contributed by atoms with E-state index in [-0.39, 0.29) is 12.4 Å². The van der Waals surface area contributed by atoms with E-state index in [0.29, 0.717) is 0 Å². The van der Waals surface area contributed by atoms with Gasteiger partial charge in [-0.1, -0.05) is 25.5 Å². The molecule has 0 amide bonds. The number of benzene rings is 1. The van der Waals surface area contributed by atoms with Crippen LogP contribution < -0.4 is 9.47 Å². The Bertz CT molecular complexity index is 437. The van der Waals surface area contributed by atoms with Crippen LogP contribution in [0.3, 0.4) is 0 Å². The van der Waals surface area contributed by atoms with Crippen molar-refractivity contribution in [3.8, 4) is 11.5 Å². The SMILES string of the molecule is CCCCOc1ccccc1OCCCCN1CCN(C)CC1.Cl. The van der Waals surface area contributed by atoms with Crippen molar-refractivity contribution in [2.75, 3.05) is 53.0 Å². The molecule has 1 aliphatic rings. The van der Waals surface area contributed by atoms with Gasteiger partial charge in [-0.3, -0.25) is 0 Å². The van der Waals surface area contributed by atoms with Gasteiger partial charge in [0, 0.05) is 26.2 Å². The number of halogens is 1. The molecule has 1 aromatic carbocycles. The summed E-state index contributed by atoms with van der Waals surface area (Å²) in [5, 5.41) is 0. The molecule has 0 bridgehead atoms. The summed E-state index contributed by atoms with van der Waals surface area (Å²) in [7, 11) is 2.20. The summed E-state index contributed by atoms with van der Waals surface area (Å²) in [6.45, 7) is 9.68. The highest BCUT2D eigenvalue weighted by atomic mass is 35.5. The number of rotatable bonds is 10. The first-order valence-corrected chi connectivity index (χ1v) is 9.05. The van der Waals surface area contributed by atoms with Gasteiger partial charge in [0.15, 0.2) is 11.5 Å². The molecule has 1 aromatic rings. The third-order valence-corrected chi connectivity index (χ3v) is 4.33. The van der Waals surface area contributed by atoms with E-state index in [1.807, 2.05) is 24.3 Å². The van der Waals surface area contributed by atoms with E-state index in [4.69, 9.17) is 9.47 Å². The van der Waals surface area contributed by atoms with Crippen LogP contribution in [0.4, 0.5) is 0 Å². The van der Waals surface area contributed by atoms with Crippen molar-refractivity contribution in [1.82, 2.24) is 9.80 Å². The maximum Gasteiger partial charge on any atom is 0.161 e. The summed E-state index contributed by atoms with van der Waals surface area (Å²) < 4.78 is 11.7. The Labute approximate surface area is 153 Å². The normalized spacial score (nSPS) is 15.8. The summed E-state index contributed by atoms with van der Waals surface area (Å²) in [5.41, 5.74) is 0. The minimum Gasteiger partial charge on any atom is -0.490 e. The topological polar surface area (TPSA) is 24.9 Å². The number of likely N-dealkylation sites (N-methyl/N-ethyl adjacent to an activating group) is 1. The zero-order valence-electron chi connectivity index (χ0n) is 15.2. The minimum absolute atomic E-state index is 0. The van der Waals surface area contributed by atoms with Crippen LogP contribution in [0.1, 0.15) is 32.6 Å². The second-order valence-corrected chi connectivity index (χ2v) is 6.35. The molecule has 0 radical (unpaired) electrons. The molecule has 1 saturated heterocycles. The van der Waals surface area contributed by atoms with E-state index in [0.717, 1.165) is 44.0 Å². The fraction of sp³-hybridized carbons (Fsp3) is 0.684. The van der Waals surface area contributed by atoms with Crippen LogP contribution in [-0.4, -0.2) is 62.8 Å². The summed E-state index contributed by atoms with van der Waals surface area (Å²) in [5.74, 6) is 1.75. The predicted molar refractivity (Wildman–Crippen MR) is 103 cm³/mol. The highest BCUT2D eigenvalue weighted by Gasteiger charge is 2.12. The molecule has 1 fully saturated rings. The molecule has 0 atom stereocenters. The van der Waals surface area contributed by atoms with Gasteiger partial charge in [0.05, 0.1) is 13.2 Å². The van der Waals surface area contributed by atoms with Crippen LogP contribution in [0.2, 0.25) is 0 Å². The van der Waals surface area contributed by atoms with Gasteiger partial charge in [-0.25, -0.2) is 0 Å². The van der Waals surface area contributed by atoms with Crippen molar-refractivity contribution in [1.29, 1.82) is 0 Å². The van der Waals surface area contributed by atoms with Crippen molar-refractivity contribution >= 4 is 12.4 Å². The zero-order chi connectivity index (χ0) is 16.3. The minimum atomic E-state index is 0. The molecular weight excluding hydrogens is 324 g/mol. The highest BCUT2D eigenvalue weighted by Crippen LogP contribution is 2.26. The van der Waals surface area contributed by atoms with Crippen LogP contribution in [-0.2, 0) is 0 Å².